The number of fused-ring (bicyclic) bond motifs is 1. The molecule has 0 amide bonds. The van der Waals surface area contributed by atoms with Crippen molar-refractivity contribution in [3.05, 3.63) is 70.9 Å². The zero-order valence-corrected chi connectivity index (χ0v) is 12.7. The normalized spacial score (nSPS) is 12.7. The standard InChI is InChI=1S/C18H18ClNO/c1-2-20-16(11-13-7-3-5-9-15(13)19)18-12-14-8-4-6-10-17(14)21-18/h3-10,12,16,20H,2,11H2,1H3. The summed E-state index contributed by atoms with van der Waals surface area (Å²) in [5.41, 5.74) is 2.06. The van der Waals surface area contributed by atoms with E-state index < -0.39 is 0 Å². The van der Waals surface area contributed by atoms with Gasteiger partial charge in [0.15, 0.2) is 0 Å². The van der Waals surface area contributed by atoms with E-state index in [0.29, 0.717) is 0 Å². The molecular weight excluding hydrogens is 282 g/mol. The lowest BCUT2D eigenvalue weighted by Crippen LogP contribution is -2.22. The zero-order valence-electron chi connectivity index (χ0n) is 12.0. The fourth-order valence-corrected chi connectivity index (χ4v) is 2.79. The number of hydrogen-bond acceptors (Lipinski definition) is 2. The van der Waals surface area contributed by atoms with Crippen molar-refractivity contribution in [2.75, 3.05) is 6.54 Å². The average molecular weight is 300 g/mol. The van der Waals surface area contributed by atoms with Crippen LogP contribution in [0.25, 0.3) is 11.0 Å². The first-order chi connectivity index (χ1) is 10.3. The van der Waals surface area contributed by atoms with Crippen molar-refractivity contribution in [3.8, 4) is 0 Å². The molecular formula is C18H18ClNO. The summed E-state index contributed by atoms with van der Waals surface area (Å²) in [6.07, 6.45) is 0.813. The summed E-state index contributed by atoms with van der Waals surface area (Å²) in [5, 5.41) is 5.42. The molecule has 0 aliphatic heterocycles. The van der Waals surface area contributed by atoms with Crippen LogP contribution in [0.3, 0.4) is 0 Å². The lowest BCUT2D eigenvalue weighted by atomic mass is 10.0. The van der Waals surface area contributed by atoms with Crippen LogP contribution in [0.1, 0.15) is 24.3 Å². The Morgan fingerprint density at radius 1 is 1.10 bits per heavy atom. The van der Waals surface area contributed by atoms with Gasteiger partial charge in [-0.15, -0.1) is 0 Å². The highest BCUT2D eigenvalue weighted by Gasteiger charge is 2.17. The van der Waals surface area contributed by atoms with Crippen molar-refractivity contribution >= 4 is 22.6 Å². The topological polar surface area (TPSA) is 25.2 Å². The number of benzene rings is 2. The van der Waals surface area contributed by atoms with E-state index in [2.05, 4.69) is 30.4 Å². The minimum atomic E-state index is 0.127. The van der Waals surface area contributed by atoms with Crippen LogP contribution in [0, 0.1) is 0 Å². The maximum atomic E-state index is 6.28. The van der Waals surface area contributed by atoms with Gasteiger partial charge in [-0.05, 0) is 36.7 Å². The number of rotatable bonds is 5. The lowest BCUT2D eigenvalue weighted by Gasteiger charge is -2.16. The van der Waals surface area contributed by atoms with Gasteiger partial charge in [0, 0.05) is 10.4 Å². The van der Waals surface area contributed by atoms with E-state index in [4.69, 9.17) is 16.0 Å². The molecule has 1 heterocycles. The minimum Gasteiger partial charge on any atom is -0.459 e. The molecule has 1 aromatic heterocycles. The van der Waals surface area contributed by atoms with Crippen molar-refractivity contribution < 1.29 is 4.42 Å². The fourth-order valence-electron chi connectivity index (χ4n) is 2.58. The Hall–Kier alpha value is -1.77. The number of halogens is 1. The van der Waals surface area contributed by atoms with Gasteiger partial charge >= 0.3 is 0 Å². The molecule has 0 aliphatic rings. The van der Waals surface area contributed by atoms with E-state index in [0.717, 1.165) is 40.3 Å². The van der Waals surface area contributed by atoms with E-state index >= 15 is 0 Å². The molecule has 3 aromatic rings. The van der Waals surface area contributed by atoms with E-state index in [1.165, 1.54) is 0 Å². The Bertz CT molecular complexity index is 702. The highest BCUT2D eigenvalue weighted by Crippen LogP contribution is 2.28. The molecule has 0 aliphatic carbocycles. The van der Waals surface area contributed by atoms with Gasteiger partial charge in [0.25, 0.3) is 0 Å². The molecule has 21 heavy (non-hydrogen) atoms. The zero-order chi connectivity index (χ0) is 14.7. The molecule has 108 valence electrons. The van der Waals surface area contributed by atoms with Crippen molar-refractivity contribution in [2.45, 2.75) is 19.4 Å². The van der Waals surface area contributed by atoms with Gasteiger partial charge in [-0.25, -0.2) is 0 Å². The summed E-state index contributed by atoms with van der Waals surface area (Å²) in [6.45, 7) is 2.98. The highest BCUT2D eigenvalue weighted by molar-refractivity contribution is 6.31. The molecule has 1 atom stereocenters. The summed E-state index contributed by atoms with van der Waals surface area (Å²) in [7, 11) is 0. The molecule has 1 N–H and O–H groups in total. The number of nitrogens with one attached hydrogen (secondary N) is 1. The van der Waals surface area contributed by atoms with Gasteiger partial charge in [-0.1, -0.05) is 54.9 Å². The van der Waals surface area contributed by atoms with Crippen LogP contribution >= 0.6 is 11.6 Å². The molecule has 2 nitrogen and oxygen atoms in total. The Labute approximate surface area is 129 Å². The van der Waals surface area contributed by atoms with E-state index in [1.807, 2.05) is 36.4 Å². The second-order valence-electron chi connectivity index (χ2n) is 5.09. The first-order valence-corrected chi connectivity index (χ1v) is 7.61. The van der Waals surface area contributed by atoms with Gasteiger partial charge < -0.3 is 9.73 Å². The Morgan fingerprint density at radius 3 is 2.62 bits per heavy atom. The highest BCUT2D eigenvalue weighted by atomic mass is 35.5. The molecule has 0 spiro atoms. The van der Waals surface area contributed by atoms with Crippen LogP contribution in [0.4, 0.5) is 0 Å². The van der Waals surface area contributed by atoms with Crippen LogP contribution in [0.2, 0.25) is 5.02 Å². The third-order valence-electron chi connectivity index (χ3n) is 3.62. The van der Waals surface area contributed by atoms with Crippen molar-refractivity contribution in [1.29, 1.82) is 0 Å². The summed E-state index contributed by atoms with van der Waals surface area (Å²) < 4.78 is 5.99. The summed E-state index contributed by atoms with van der Waals surface area (Å²) in [5.74, 6) is 0.956. The van der Waals surface area contributed by atoms with Crippen molar-refractivity contribution in [2.24, 2.45) is 0 Å². The smallest absolute Gasteiger partial charge is 0.134 e. The van der Waals surface area contributed by atoms with Crippen molar-refractivity contribution in [3.63, 3.8) is 0 Å². The van der Waals surface area contributed by atoms with Crippen LogP contribution < -0.4 is 5.32 Å². The third kappa shape index (κ3) is 3.12. The molecule has 3 heteroatoms. The van der Waals surface area contributed by atoms with Crippen LogP contribution in [0.5, 0.6) is 0 Å². The maximum Gasteiger partial charge on any atom is 0.134 e. The fraction of sp³-hybridized carbons (Fsp3) is 0.222. The Morgan fingerprint density at radius 2 is 1.86 bits per heavy atom. The SMILES string of the molecule is CCNC(Cc1ccccc1Cl)c1cc2ccccc2o1. The van der Waals surface area contributed by atoms with E-state index in [-0.39, 0.29) is 6.04 Å². The van der Waals surface area contributed by atoms with Crippen molar-refractivity contribution in [1.82, 2.24) is 5.32 Å². The maximum absolute atomic E-state index is 6.28. The molecule has 3 rings (SSSR count). The Kier molecular flexibility index (Phi) is 4.28. The van der Waals surface area contributed by atoms with Crippen LogP contribution in [-0.2, 0) is 6.42 Å². The quantitative estimate of drug-likeness (QED) is 0.719. The second-order valence-corrected chi connectivity index (χ2v) is 5.50. The molecule has 0 saturated carbocycles. The van der Waals surface area contributed by atoms with Gasteiger partial charge in [-0.2, -0.15) is 0 Å². The third-order valence-corrected chi connectivity index (χ3v) is 3.99. The lowest BCUT2D eigenvalue weighted by molar-refractivity contribution is 0.435. The predicted molar refractivity (Wildman–Crippen MR) is 87.8 cm³/mol. The summed E-state index contributed by atoms with van der Waals surface area (Å²) >= 11 is 6.28. The predicted octanol–water partition coefficient (Wildman–Crippen LogP) is 4.98. The van der Waals surface area contributed by atoms with Crippen LogP contribution in [-0.4, -0.2) is 6.54 Å². The number of hydrogen-bond donors (Lipinski definition) is 1. The minimum absolute atomic E-state index is 0.127. The molecule has 0 fully saturated rings. The Balaban J connectivity index is 1.92. The second kappa shape index (κ2) is 6.33. The first-order valence-electron chi connectivity index (χ1n) is 7.23. The summed E-state index contributed by atoms with van der Waals surface area (Å²) in [6, 6.07) is 18.3. The number of furan rings is 1. The summed E-state index contributed by atoms with van der Waals surface area (Å²) in [4.78, 5) is 0. The number of para-hydroxylation sites is 1. The first kappa shape index (κ1) is 14.2. The van der Waals surface area contributed by atoms with Gasteiger partial charge in [0.2, 0.25) is 0 Å². The van der Waals surface area contributed by atoms with Gasteiger partial charge in [0.1, 0.15) is 11.3 Å². The molecule has 0 radical (unpaired) electrons. The van der Waals surface area contributed by atoms with Gasteiger partial charge in [-0.3, -0.25) is 0 Å². The van der Waals surface area contributed by atoms with E-state index in [1.54, 1.807) is 0 Å². The average Bonchev–Trinajstić information content (AvgIpc) is 2.93. The van der Waals surface area contributed by atoms with E-state index in [9.17, 15) is 0 Å². The molecule has 2 aromatic carbocycles. The molecule has 0 bridgehead atoms. The largest absolute Gasteiger partial charge is 0.459 e. The van der Waals surface area contributed by atoms with Crippen LogP contribution in [0.15, 0.2) is 59.0 Å². The molecule has 0 saturated heterocycles. The molecule has 1 unspecified atom stereocenters. The monoisotopic (exact) mass is 299 g/mol. The van der Waals surface area contributed by atoms with Gasteiger partial charge in [0.05, 0.1) is 6.04 Å². The number of likely N-dealkylation sites (N-methyl/N-ethyl adjacent to an activating group) is 1.